The van der Waals surface area contributed by atoms with Gasteiger partial charge >= 0.3 is 0 Å². The molecule has 0 fully saturated rings. The van der Waals surface area contributed by atoms with Crippen molar-refractivity contribution >= 4 is 23.2 Å². The van der Waals surface area contributed by atoms with Crippen LogP contribution in [-0.2, 0) is 17.8 Å². The molecule has 1 aromatic heterocycles. The Balaban J connectivity index is 1.33. The Morgan fingerprint density at radius 2 is 1.75 bits per heavy atom. The number of aromatic nitrogens is 2. The van der Waals surface area contributed by atoms with Crippen molar-refractivity contribution in [1.29, 1.82) is 0 Å². The molecule has 0 aliphatic heterocycles. The zero-order valence-corrected chi connectivity index (χ0v) is 17.3. The molecule has 0 radical (unpaired) electrons. The molecule has 4 rings (SSSR count). The van der Waals surface area contributed by atoms with Gasteiger partial charge in [0.05, 0.1) is 17.2 Å². The summed E-state index contributed by atoms with van der Waals surface area (Å²) >= 11 is 0. The lowest BCUT2D eigenvalue weighted by atomic mass is 10.1. The highest BCUT2D eigenvalue weighted by Gasteiger charge is 2.08. The summed E-state index contributed by atoms with van der Waals surface area (Å²) < 4.78 is 5.80. The van der Waals surface area contributed by atoms with Crippen molar-refractivity contribution in [2.75, 3.05) is 0 Å². The van der Waals surface area contributed by atoms with Crippen LogP contribution in [0.5, 0.6) is 5.75 Å². The maximum Gasteiger partial charge on any atom is 0.270 e. The Morgan fingerprint density at radius 1 is 1.00 bits per heavy atom. The van der Waals surface area contributed by atoms with Gasteiger partial charge in [0, 0.05) is 18.4 Å². The number of fused-ring (bicyclic) bond motifs is 1. The maximum atomic E-state index is 12.2. The Kier molecular flexibility index (Phi) is 6.67. The highest BCUT2D eigenvalue weighted by molar-refractivity contribution is 5.84. The minimum Gasteiger partial charge on any atom is -0.489 e. The predicted molar refractivity (Wildman–Crippen MR) is 124 cm³/mol. The third-order valence-electron chi connectivity index (χ3n) is 4.84. The topological polar surface area (TPSA) is 96.4 Å². The number of nitrogens with one attached hydrogen (secondary N) is 2. The SMILES string of the molecule is O=C(CCc1nc2ccccc2[nH]c1=O)N/N=C\c1ccccc1COc1ccccc1. The van der Waals surface area contributed by atoms with Gasteiger partial charge in [-0.2, -0.15) is 5.10 Å². The number of rotatable bonds is 8. The number of carbonyl (C=O) groups is 1. The average Bonchev–Trinajstić information content (AvgIpc) is 2.83. The van der Waals surface area contributed by atoms with E-state index in [0.29, 0.717) is 23.3 Å². The first-order valence-corrected chi connectivity index (χ1v) is 10.2. The summed E-state index contributed by atoms with van der Waals surface area (Å²) in [4.78, 5) is 31.5. The highest BCUT2D eigenvalue weighted by atomic mass is 16.5. The number of H-pyrrole nitrogens is 1. The van der Waals surface area contributed by atoms with Gasteiger partial charge in [-0.05, 0) is 29.8 Å². The van der Waals surface area contributed by atoms with Crippen LogP contribution < -0.4 is 15.7 Å². The van der Waals surface area contributed by atoms with Crippen LogP contribution in [0, 0.1) is 0 Å². The third kappa shape index (κ3) is 5.46. The van der Waals surface area contributed by atoms with Gasteiger partial charge in [0.2, 0.25) is 5.91 Å². The summed E-state index contributed by atoms with van der Waals surface area (Å²) in [6, 6.07) is 24.5. The van der Waals surface area contributed by atoms with Crippen molar-refractivity contribution in [2.24, 2.45) is 5.10 Å². The number of aryl methyl sites for hydroxylation is 1. The molecular weight excluding hydrogens is 404 g/mol. The molecule has 3 aromatic carbocycles. The summed E-state index contributed by atoms with van der Waals surface area (Å²) in [6.45, 7) is 0.385. The molecule has 7 heteroatoms. The molecule has 0 spiro atoms. The van der Waals surface area contributed by atoms with Crippen LogP contribution in [0.15, 0.2) is 88.8 Å². The van der Waals surface area contributed by atoms with E-state index in [-0.39, 0.29) is 24.3 Å². The van der Waals surface area contributed by atoms with Gasteiger partial charge in [-0.1, -0.05) is 54.6 Å². The lowest BCUT2D eigenvalue weighted by Gasteiger charge is -2.08. The number of amides is 1. The first kappa shape index (κ1) is 21.0. The molecule has 0 aliphatic rings. The van der Waals surface area contributed by atoms with Crippen LogP contribution in [0.3, 0.4) is 0 Å². The molecule has 0 atom stereocenters. The maximum absolute atomic E-state index is 12.2. The van der Waals surface area contributed by atoms with E-state index >= 15 is 0 Å². The smallest absolute Gasteiger partial charge is 0.270 e. The molecule has 1 heterocycles. The summed E-state index contributed by atoms with van der Waals surface area (Å²) in [5.74, 6) is 0.485. The van der Waals surface area contributed by atoms with Gasteiger partial charge in [0.15, 0.2) is 0 Å². The number of aromatic amines is 1. The number of hydrogen-bond acceptors (Lipinski definition) is 5. The first-order chi connectivity index (χ1) is 15.7. The van der Waals surface area contributed by atoms with E-state index in [0.717, 1.165) is 16.9 Å². The third-order valence-corrected chi connectivity index (χ3v) is 4.84. The first-order valence-electron chi connectivity index (χ1n) is 10.2. The van der Waals surface area contributed by atoms with Gasteiger partial charge in [-0.15, -0.1) is 0 Å². The lowest BCUT2D eigenvalue weighted by Crippen LogP contribution is -2.21. The van der Waals surface area contributed by atoms with Gasteiger partial charge in [0.1, 0.15) is 18.1 Å². The van der Waals surface area contributed by atoms with Crippen molar-refractivity contribution in [2.45, 2.75) is 19.4 Å². The number of carbonyl (C=O) groups excluding carboxylic acids is 1. The van der Waals surface area contributed by atoms with E-state index in [2.05, 4.69) is 20.5 Å². The lowest BCUT2D eigenvalue weighted by molar-refractivity contribution is -0.121. The van der Waals surface area contributed by atoms with Crippen molar-refractivity contribution in [1.82, 2.24) is 15.4 Å². The number of ether oxygens (including phenoxy) is 1. The summed E-state index contributed by atoms with van der Waals surface area (Å²) in [7, 11) is 0. The molecule has 0 bridgehead atoms. The normalized spacial score (nSPS) is 11.0. The zero-order chi connectivity index (χ0) is 22.2. The van der Waals surface area contributed by atoms with Crippen molar-refractivity contribution in [3.63, 3.8) is 0 Å². The quantitative estimate of drug-likeness (QED) is 0.332. The molecule has 7 nitrogen and oxygen atoms in total. The second-order valence-electron chi connectivity index (χ2n) is 7.12. The van der Waals surface area contributed by atoms with E-state index < -0.39 is 0 Å². The Bertz CT molecular complexity index is 1300. The zero-order valence-electron chi connectivity index (χ0n) is 17.3. The number of benzene rings is 3. The number of hydrazone groups is 1. The van der Waals surface area contributed by atoms with Gasteiger partial charge in [0.25, 0.3) is 5.56 Å². The summed E-state index contributed by atoms with van der Waals surface area (Å²) in [6.07, 6.45) is 1.91. The van der Waals surface area contributed by atoms with Gasteiger partial charge in [-0.3, -0.25) is 9.59 Å². The average molecular weight is 426 g/mol. The molecule has 1 amide bonds. The van der Waals surface area contributed by atoms with E-state index in [1.807, 2.05) is 72.8 Å². The predicted octanol–water partition coefficient (Wildman–Crippen LogP) is 3.59. The Labute approximate surface area is 184 Å². The van der Waals surface area contributed by atoms with Crippen LogP contribution in [0.4, 0.5) is 0 Å². The van der Waals surface area contributed by atoms with Crippen molar-refractivity contribution in [3.8, 4) is 5.75 Å². The van der Waals surface area contributed by atoms with Crippen LogP contribution >= 0.6 is 0 Å². The molecular formula is C25H22N4O3. The summed E-state index contributed by atoms with van der Waals surface area (Å²) in [5, 5.41) is 4.06. The monoisotopic (exact) mass is 426 g/mol. The molecule has 32 heavy (non-hydrogen) atoms. The van der Waals surface area contributed by atoms with Crippen LogP contribution in [0.25, 0.3) is 11.0 Å². The molecule has 0 unspecified atom stereocenters. The fraction of sp³-hybridized carbons (Fsp3) is 0.120. The number of hydrogen-bond donors (Lipinski definition) is 2. The van der Waals surface area contributed by atoms with E-state index in [9.17, 15) is 9.59 Å². The molecule has 160 valence electrons. The minimum atomic E-state index is -0.298. The molecule has 0 aliphatic carbocycles. The number of para-hydroxylation sites is 3. The molecule has 0 saturated carbocycles. The highest BCUT2D eigenvalue weighted by Crippen LogP contribution is 2.13. The number of nitrogens with zero attached hydrogens (tertiary/aromatic N) is 2. The Hall–Kier alpha value is -4.26. The second kappa shape index (κ2) is 10.2. The minimum absolute atomic E-state index is 0.102. The molecule has 2 N–H and O–H groups in total. The standard InChI is InChI=1S/C25H22N4O3/c30-24(15-14-23-25(31)28-22-13-7-6-12-21(22)27-23)29-26-16-18-8-4-5-9-19(18)17-32-20-10-2-1-3-11-20/h1-13,16H,14-15,17H2,(H,28,31)(H,29,30)/b26-16-. The summed E-state index contributed by atoms with van der Waals surface area (Å²) in [5.41, 5.74) is 5.70. The molecule has 4 aromatic rings. The van der Waals surface area contributed by atoms with Crippen LogP contribution in [0.2, 0.25) is 0 Å². The van der Waals surface area contributed by atoms with E-state index in [4.69, 9.17) is 4.74 Å². The van der Waals surface area contributed by atoms with Gasteiger partial charge in [-0.25, -0.2) is 10.4 Å². The molecule has 0 saturated heterocycles. The fourth-order valence-corrected chi connectivity index (χ4v) is 3.17. The van der Waals surface area contributed by atoms with Crippen LogP contribution in [0.1, 0.15) is 23.2 Å². The van der Waals surface area contributed by atoms with E-state index in [1.165, 1.54) is 0 Å². The fourth-order valence-electron chi connectivity index (χ4n) is 3.17. The Morgan fingerprint density at radius 3 is 2.62 bits per heavy atom. The van der Waals surface area contributed by atoms with E-state index in [1.54, 1.807) is 12.3 Å². The van der Waals surface area contributed by atoms with Gasteiger partial charge < -0.3 is 9.72 Å². The second-order valence-corrected chi connectivity index (χ2v) is 7.12. The van der Waals surface area contributed by atoms with Crippen molar-refractivity contribution in [3.05, 3.63) is 106 Å². The van der Waals surface area contributed by atoms with Crippen LogP contribution in [-0.4, -0.2) is 22.1 Å². The van der Waals surface area contributed by atoms with Crippen molar-refractivity contribution < 1.29 is 9.53 Å². The largest absolute Gasteiger partial charge is 0.489 e.